The van der Waals surface area contributed by atoms with Gasteiger partial charge >= 0.3 is 0 Å². The highest BCUT2D eigenvalue weighted by Crippen LogP contribution is 2.33. The fourth-order valence-corrected chi connectivity index (χ4v) is 5.11. The Kier molecular flexibility index (Phi) is 3.92. The van der Waals surface area contributed by atoms with Gasteiger partial charge in [0.2, 0.25) is 0 Å². The predicted molar refractivity (Wildman–Crippen MR) is 51.5 cm³/mol. The van der Waals surface area contributed by atoms with E-state index in [0.29, 0.717) is 0 Å². The average Bonchev–Trinajstić information content (AvgIpc) is 2.10. The van der Waals surface area contributed by atoms with Gasteiger partial charge in [0.15, 0.2) is 0 Å². The molecule has 1 heterocycles. The van der Waals surface area contributed by atoms with Crippen molar-refractivity contribution in [2.24, 2.45) is 11.7 Å². The Hall–Kier alpha value is 0.467. The zero-order valence-corrected chi connectivity index (χ0v) is 8.71. The molecule has 1 atom stereocenters. The quantitative estimate of drug-likeness (QED) is 0.614. The van der Waals surface area contributed by atoms with Crippen LogP contribution in [0.3, 0.4) is 0 Å². The first-order chi connectivity index (χ1) is 4.14. The average molecular weight is 180 g/mol. The molecule has 1 rings (SSSR count). The van der Waals surface area contributed by atoms with Crippen LogP contribution < -0.4 is 5.73 Å². The molecule has 1 aliphatic rings. The minimum absolute atomic E-state index is 0. The zero-order chi connectivity index (χ0) is 6.91. The molecule has 0 aliphatic carbocycles. The second-order valence-corrected chi connectivity index (χ2v) is 9.25. The second kappa shape index (κ2) is 3.74. The maximum absolute atomic E-state index is 5.58. The summed E-state index contributed by atoms with van der Waals surface area (Å²) in [7, 11) is -0.704. The van der Waals surface area contributed by atoms with Crippen molar-refractivity contribution in [1.29, 1.82) is 0 Å². The monoisotopic (exact) mass is 179 g/mol. The van der Waals surface area contributed by atoms with Crippen molar-refractivity contribution < 1.29 is 0 Å². The number of hydrogen-bond acceptors (Lipinski definition) is 1. The van der Waals surface area contributed by atoms with E-state index in [1.807, 2.05) is 0 Å². The van der Waals surface area contributed by atoms with Gasteiger partial charge in [0.05, 0.1) is 0 Å². The van der Waals surface area contributed by atoms with Gasteiger partial charge in [-0.2, -0.15) is 0 Å². The molecule has 0 saturated carbocycles. The highest BCUT2D eigenvalue weighted by molar-refractivity contribution is 6.78. The standard InChI is InChI=1S/C7H17NSi.ClH/c1-9(2)4-3-7(5-8)6-9;/h7H,3-6,8H2,1-2H3;1H. The third-order valence-electron chi connectivity index (χ3n) is 2.40. The van der Waals surface area contributed by atoms with Crippen LogP contribution in [0.15, 0.2) is 0 Å². The summed E-state index contributed by atoms with van der Waals surface area (Å²) in [4.78, 5) is 0. The molecule has 0 amide bonds. The zero-order valence-electron chi connectivity index (χ0n) is 6.89. The first-order valence-corrected chi connectivity index (χ1v) is 7.25. The van der Waals surface area contributed by atoms with Crippen molar-refractivity contribution >= 4 is 20.5 Å². The van der Waals surface area contributed by atoms with Gasteiger partial charge in [-0.1, -0.05) is 31.6 Å². The first kappa shape index (κ1) is 10.5. The van der Waals surface area contributed by atoms with Crippen LogP contribution in [0, 0.1) is 5.92 Å². The maximum atomic E-state index is 5.58. The highest BCUT2D eigenvalue weighted by atomic mass is 35.5. The van der Waals surface area contributed by atoms with Crippen LogP contribution in [-0.4, -0.2) is 14.6 Å². The number of nitrogens with two attached hydrogens (primary N) is 1. The minimum Gasteiger partial charge on any atom is -0.330 e. The molecule has 0 aromatic heterocycles. The van der Waals surface area contributed by atoms with Crippen molar-refractivity contribution in [2.75, 3.05) is 6.54 Å². The highest BCUT2D eigenvalue weighted by Gasteiger charge is 2.31. The molecular formula is C7H18ClNSi. The molecule has 0 bridgehead atoms. The summed E-state index contributed by atoms with van der Waals surface area (Å²) in [6, 6.07) is 2.98. The van der Waals surface area contributed by atoms with E-state index in [0.717, 1.165) is 12.5 Å². The lowest BCUT2D eigenvalue weighted by Gasteiger charge is -2.13. The van der Waals surface area contributed by atoms with E-state index in [9.17, 15) is 0 Å². The SMILES string of the molecule is C[Si]1(C)CCC(CN)C1.Cl. The van der Waals surface area contributed by atoms with Crippen LogP contribution in [0.1, 0.15) is 6.42 Å². The van der Waals surface area contributed by atoms with Gasteiger partial charge in [-0.25, -0.2) is 0 Å². The van der Waals surface area contributed by atoms with E-state index in [-0.39, 0.29) is 12.4 Å². The van der Waals surface area contributed by atoms with Crippen LogP contribution in [-0.2, 0) is 0 Å². The van der Waals surface area contributed by atoms with Crippen LogP contribution in [0.4, 0.5) is 0 Å². The lowest BCUT2D eigenvalue weighted by Crippen LogP contribution is -2.21. The van der Waals surface area contributed by atoms with E-state index < -0.39 is 8.07 Å². The normalized spacial score (nSPS) is 29.7. The third-order valence-corrected chi connectivity index (χ3v) is 5.73. The Balaban J connectivity index is 0.000000810. The van der Waals surface area contributed by atoms with E-state index in [2.05, 4.69) is 13.1 Å². The molecule has 0 aromatic rings. The Morgan fingerprint density at radius 2 is 2.10 bits per heavy atom. The summed E-state index contributed by atoms with van der Waals surface area (Å²) >= 11 is 0. The van der Waals surface area contributed by atoms with E-state index in [1.165, 1.54) is 18.5 Å². The first-order valence-electron chi connectivity index (χ1n) is 3.84. The van der Waals surface area contributed by atoms with Gasteiger partial charge in [-0.05, 0) is 12.5 Å². The van der Waals surface area contributed by atoms with Crippen LogP contribution >= 0.6 is 12.4 Å². The summed E-state index contributed by atoms with van der Waals surface area (Å²) in [6.45, 7) is 5.88. The molecule has 10 heavy (non-hydrogen) atoms. The minimum atomic E-state index is -0.704. The smallest absolute Gasteiger partial charge is 0.0477 e. The maximum Gasteiger partial charge on any atom is 0.0477 e. The van der Waals surface area contributed by atoms with Gasteiger partial charge in [0, 0.05) is 8.07 Å². The van der Waals surface area contributed by atoms with Gasteiger partial charge in [0.25, 0.3) is 0 Å². The second-order valence-electron chi connectivity index (χ2n) is 4.01. The Morgan fingerprint density at radius 3 is 2.30 bits per heavy atom. The predicted octanol–water partition coefficient (Wildman–Crippen LogP) is 2.10. The summed E-state index contributed by atoms with van der Waals surface area (Å²) in [5, 5.41) is 0. The molecule has 2 N–H and O–H groups in total. The molecule has 0 aromatic carbocycles. The number of rotatable bonds is 1. The number of halogens is 1. The van der Waals surface area contributed by atoms with Gasteiger partial charge in [-0.3, -0.25) is 0 Å². The van der Waals surface area contributed by atoms with Crippen LogP contribution in [0.2, 0.25) is 25.2 Å². The van der Waals surface area contributed by atoms with Crippen molar-refractivity contribution in [3.05, 3.63) is 0 Å². The molecule has 1 nitrogen and oxygen atoms in total. The van der Waals surface area contributed by atoms with E-state index in [1.54, 1.807) is 0 Å². The van der Waals surface area contributed by atoms with Crippen molar-refractivity contribution in [3.8, 4) is 0 Å². The molecule has 62 valence electrons. The van der Waals surface area contributed by atoms with Crippen LogP contribution in [0.25, 0.3) is 0 Å². The van der Waals surface area contributed by atoms with Gasteiger partial charge in [-0.15, -0.1) is 12.4 Å². The molecule has 1 unspecified atom stereocenters. The molecular weight excluding hydrogens is 162 g/mol. The molecule has 1 saturated heterocycles. The summed E-state index contributed by atoms with van der Waals surface area (Å²) in [6.07, 6.45) is 1.41. The van der Waals surface area contributed by atoms with Crippen LogP contribution in [0.5, 0.6) is 0 Å². The topological polar surface area (TPSA) is 26.0 Å². The lowest BCUT2D eigenvalue weighted by atomic mass is 10.1. The lowest BCUT2D eigenvalue weighted by molar-refractivity contribution is 0.602. The third kappa shape index (κ3) is 2.60. The Morgan fingerprint density at radius 1 is 1.50 bits per heavy atom. The Labute approximate surface area is 70.8 Å². The van der Waals surface area contributed by atoms with Crippen molar-refractivity contribution in [1.82, 2.24) is 0 Å². The van der Waals surface area contributed by atoms with Crippen molar-refractivity contribution in [3.63, 3.8) is 0 Å². The van der Waals surface area contributed by atoms with E-state index >= 15 is 0 Å². The van der Waals surface area contributed by atoms with Gasteiger partial charge in [0.1, 0.15) is 0 Å². The fourth-order valence-electron chi connectivity index (χ4n) is 1.78. The van der Waals surface area contributed by atoms with E-state index in [4.69, 9.17) is 5.73 Å². The molecule has 0 spiro atoms. The largest absolute Gasteiger partial charge is 0.330 e. The Bertz CT molecular complexity index is 106. The summed E-state index contributed by atoms with van der Waals surface area (Å²) < 4.78 is 0. The molecule has 1 aliphatic heterocycles. The number of hydrogen-bond donors (Lipinski definition) is 1. The fraction of sp³-hybridized carbons (Fsp3) is 1.00. The molecule has 0 radical (unpaired) electrons. The molecule has 3 heteroatoms. The summed E-state index contributed by atoms with van der Waals surface area (Å²) in [5.74, 6) is 0.881. The molecule has 1 fully saturated rings. The summed E-state index contributed by atoms with van der Waals surface area (Å²) in [5.41, 5.74) is 5.58. The van der Waals surface area contributed by atoms with Gasteiger partial charge < -0.3 is 5.73 Å². The van der Waals surface area contributed by atoms with Crippen molar-refractivity contribution in [2.45, 2.75) is 31.6 Å².